The Morgan fingerprint density at radius 1 is 1.11 bits per heavy atom. The van der Waals surface area contributed by atoms with E-state index < -0.39 is 32.8 Å². The standard InChI is InChI=1S/C27H33F4N3O3S/c1-33(38(36,37)23-6-3-5-21(17-23)27(29,30)31)13-12-26(35)32-25-7-2-4-20-16-19(8-9-24(20)25)18-34-14-10-22(28)11-15-34/h3,5-6,8-9,16-17,22,25H,2,4,7,10-15,18H2,1H3,(H,32,35)/t25-/m1/s1. The number of amides is 1. The maximum Gasteiger partial charge on any atom is 0.416 e. The van der Waals surface area contributed by atoms with Crippen molar-refractivity contribution < 1.29 is 30.8 Å². The number of alkyl halides is 4. The number of hydrogen-bond acceptors (Lipinski definition) is 4. The Morgan fingerprint density at radius 2 is 1.84 bits per heavy atom. The maximum absolute atomic E-state index is 13.4. The van der Waals surface area contributed by atoms with Crippen LogP contribution in [0.5, 0.6) is 0 Å². The lowest BCUT2D eigenvalue weighted by Gasteiger charge is -2.30. The van der Waals surface area contributed by atoms with E-state index in [0.29, 0.717) is 18.9 Å². The summed E-state index contributed by atoms with van der Waals surface area (Å²) in [6.07, 6.45) is -1.79. The summed E-state index contributed by atoms with van der Waals surface area (Å²) < 4.78 is 78.9. The van der Waals surface area contributed by atoms with E-state index in [0.717, 1.165) is 72.5 Å². The monoisotopic (exact) mass is 555 g/mol. The van der Waals surface area contributed by atoms with Crippen LogP contribution >= 0.6 is 0 Å². The first kappa shape index (κ1) is 28.5. The number of sulfonamides is 1. The summed E-state index contributed by atoms with van der Waals surface area (Å²) in [5, 5.41) is 3.00. The third kappa shape index (κ3) is 6.92. The molecule has 2 aromatic carbocycles. The second-order valence-corrected chi connectivity index (χ2v) is 12.1. The van der Waals surface area contributed by atoms with Crippen LogP contribution in [0.3, 0.4) is 0 Å². The lowest BCUT2D eigenvalue weighted by Crippen LogP contribution is -2.35. The zero-order chi connectivity index (χ0) is 27.5. The molecule has 1 atom stereocenters. The average Bonchev–Trinajstić information content (AvgIpc) is 2.88. The number of benzene rings is 2. The van der Waals surface area contributed by atoms with Crippen molar-refractivity contribution in [3.8, 4) is 0 Å². The summed E-state index contributed by atoms with van der Waals surface area (Å²) in [5.74, 6) is -0.327. The predicted molar refractivity (Wildman–Crippen MR) is 136 cm³/mol. The molecule has 4 rings (SSSR count). The molecule has 38 heavy (non-hydrogen) atoms. The molecule has 1 fully saturated rings. The maximum atomic E-state index is 13.4. The third-order valence-electron chi connectivity index (χ3n) is 7.30. The number of nitrogens with zero attached hydrogens (tertiary/aromatic N) is 2. The van der Waals surface area contributed by atoms with Crippen molar-refractivity contribution in [2.45, 2.75) is 68.4 Å². The van der Waals surface area contributed by atoms with Crippen LogP contribution in [0.4, 0.5) is 17.6 Å². The van der Waals surface area contributed by atoms with Gasteiger partial charge in [-0.1, -0.05) is 24.3 Å². The molecule has 0 saturated carbocycles. The van der Waals surface area contributed by atoms with Gasteiger partial charge in [0, 0.05) is 39.6 Å². The highest BCUT2D eigenvalue weighted by Gasteiger charge is 2.32. The van der Waals surface area contributed by atoms with Crippen LogP contribution in [0.15, 0.2) is 47.4 Å². The second kappa shape index (κ2) is 11.7. The Bertz CT molecular complexity index is 1240. The van der Waals surface area contributed by atoms with E-state index in [1.807, 2.05) is 12.1 Å². The van der Waals surface area contributed by atoms with Crippen molar-refractivity contribution >= 4 is 15.9 Å². The molecule has 2 aliphatic rings. The van der Waals surface area contributed by atoms with Crippen LogP contribution < -0.4 is 5.32 Å². The smallest absolute Gasteiger partial charge is 0.349 e. The average molecular weight is 556 g/mol. The SMILES string of the molecule is CN(CCC(=O)N[C@@H]1CCCc2cc(CN3CCC(F)CC3)ccc21)S(=O)(=O)c1cccc(C(F)(F)F)c1. The molecule has 1 saturated heterocycles. The molecular formula is C27H33F4N3O3S. The Hall–Kier alpha value is -2.50. The number of aryl methyl sites for hydroxylation is 1. The van der Waals surface area contributed by atoms with Gasteiger partial charge in [0.2, 0.25) is 15.9 Å². The number of hydrogen-bond donors (Lipinski definition) is 1. The Kier molecular flexibility index (Phi) is 8.78. The van der Waals surface area contributed by atoms with Gasteiger partial charge in [0.1, 0.15) is 6.17 Å². The van der Waals surface area contributed by atoms with Crippen LogP contribution in [0, 0.1) is 0 Å². The van der Waals surface area contributed by atoms with E-state index in [1.54, 1.807) is 0 Å². The number of fused-ring (bicyclic) bond motifs is 1. The number of carbonyl (C=O) groups is 1. The highest BCUT2D eigenvalue weighted by atomic mass is 32.2. The fraction of sp³-hybridized carbons (Fsp3) is 0.519. The summed E-state index contributed by atoms with van der Waals surface area (Å²) in [4.78, 5) is 14.5. The molecule has 1 amide bonds. The zero-order valence-electron chi connectivity index (χ0n) is 21.3. The summed E-state index contributed by atoms with van der Waals surface area (Å²) in [7, 11) is -2.94. The topological polar surface area (TPSA) is 69.7 Å². The van der Waals surface area contributed by atoms with Crippen molar-refractivity contribution in [3.63, 3.8) is 0 Å². The normalized spacial score (nSPS) is 19.4. The summed E-state index contributed by atoms with van der Waals surface area (Å²) in [5.41, 5.74) is 2.33. The molecule has 1 aliphatic carbocycles. The molecule has 1 N–H and O–H groups in total. The van der Waals surface area contributed by atoms with Crippen LogP contribution in [-0.2, 0) is 34.0 Å². The van der Waals surface area contributed by atoms with E-state index >= 15 is 0 Å². The van der Waals surface area contributed by atoms with Gasteiger partial charge in [-0.25, -0.2) is 17.1 Å². The van der Waals surface area contributed by atoms with Crippen molar-refractivity contribution in [2.75, 3.05) is 26.7 Å². The molecule has 208 valence electrons. The fourth-order valence-corrected chi connectivity index (χ4v) is 6.31. The van der Waals surface area contributed by atoms with E-state index in [-0.39, 0.29) is 24.9 Å². The second-order valence-electron chi connectivity index (χ2n) is 10.1. The van der Waals surface area contributed by atoms with E-state index in [4.69, 9.17) is 0 Å². The van der Waals surface area contributed by atoms with Crippen LogP contribution in [0.25, 0.3) is 0 Å². The third-order valence-corrected chi connectivity index (χ3v) is 9.16. The van der Waals surface area contributed by atoms with Crippen molar-refractivity contribution in [2.24, 2.45) is 0 Å². The number of halogens is 4. The largest absolute Gasteiger partial charge is 0.416 e. The van der Waals surface area contributed by atoms with Gasteiger partial charge in [0.25, 0.3) is 0 Å². The molecule has 0 bridgehead atoms. The summed E-state index contributed by atoms with van der Waals surface area (Å²) >= 11 is 0. The first-order chi connectivity index (χ1) is 17.9. The lowest BCUT2D eigenvalue weighted by molar-refractivity contribution is -0.137. The molecule has 1 aliphatic heterocycles. The quantitative estimate of drug-likeness (QED) is 0.474. The van der Waals surface area contributed by atoms with Crippen molar-refractivity contribution in [3.05, 3.63) is 64.7 Å². The molecule has 6 nitrogen and oxygen atoms in total. The molecule has 0 spiro atoms. The first-order valence-electron chi connectivity index (χ1n) is 12.8. The molecule has 1 heterocycles. The van der Waals surface area contributed by atoms with Gasteiger partial charge in [0.15, 0.2) is 0 Å². The highest BCUT2D eigenvalue weighted by molar-refractivity contribution is 7.89. The molecule has 2 aromatic rings. The molecule has 0 radical (unpaired) electrons. The minimum absolute atomic E-state index is 0.122. The van der Waals surface area contributed by atoms with Gasteiger partial charge in [-0.05, 0) is 67.0 Å². The van der Waals surface area contributed by atoms with Gasteiger partial charge < -0.3 is 5.32 Å². The number of nitrogens with one attached hydrogen (secondary N) is 1. The van der Waals surface area contributed by atoms with Crippen LogP contribution in [-0.4, -0.2) is 56.4 Å². The molecule has 11 heteroatoms. The van der Waals surface area contributed by atoms with Crippen molar-refractivity contribution in [1.29, 1.82) is 0 Å². The van der Waals surface area contributed by atoms with Gasteiger partial charge in [-0.15, -0.1) is 0 Å². The summed E-state index contributed by atoms with van der Waals surface area (Å²) in [6.45, 7) is 2.09. The summed E-state index contributed by atoms with van der Waals surface area (Å²) in [6, 6.07) is 9.61. The lowest BCUT2D eigenvalue weighted by atomic mass is 9.86. The molecular weight excluding hydrogens is 522 g/mol. The number of piperidine rings is 1. The zero-order valence-corrected chi connectivity index (χ0v) is 22.1. The van der Waals surface area contributed by atoms with Gasteiger partial charge in [-0.3, -0.25) is 9.69 Å². The van der Waals surface area contributed by atoms with Crippen LogP contribution in [0.2, 0.25) is 0 Å². The predicted octanol–water partition coefficient (Wildman–Crippen LogP) is 4.84. The van der Waals surface area contributed by atoms with Gasteiger partial charge in [0.05, 0.1) is 16.5 Å². The fourth-order valence-electron chi connectivity index (χ4n) is 5.09. The van der Waals surface area contributed by atoms with E-state index in [1.165, 1.54) is 12.6 Å². The number of carbonyl (C=O) groups excluding carboxylic acids is 1. The van der Waals surface area contributed by atoms with Crippen molar-refractivity contribution in [1.82, 2.24) is 14.5 Å². The Morgan fingerprint density at radius 3 is 2.55 bits per heavy atom. The van der Waals surface area contributed by atoms with Gasteiger partial charge in [-0.2, -0.15) is 13.2 Å². The van der Waals surface area contributed by atoms with Crippen LogP contribution in [0.1, 0.15) is 60.4 Å². The van der Waals surface area contributed by atoms with E-state index in [9.17, 15) is 30.8 Å². The highest BCUT2D eigenvalue weighted by Crippen LogP contribution is 2.32. The number of rotatable bonds is 8. The Labute approximate surface area is 221 Å². The minimum Gasteiger partial charge on any atom is -0.349 e. The number of likely N-dealkylation sites (tertiary alicyclic amines) is 1. The Balaban J connectivity index is 1.34. The first-order valence-corrected chi connectivity index (χ1v) is 14.3. The van der Waals surface area contributed by atoms with Gasteiger partial charge >= 0.3 is 6.18 Å². The molecule has 0 unspecified atom stereocenters. The van der Waals surface area contributed by atoms with E-state index in [2.05, 4.69) is 16.3 Å². The minimum atomic E-state index is -4.66. The molecule has 0 aromatic heterocycles.